The van der Waals surface area contributed by atoms with Crippen molar-refractivity contribution in [2.24, 2.45) is 0 Å². The van der Waals surface area contributed by atoms with Gasteiger partial charge < -0.3 is 14.4 Å². The fourth-order valence-electron chi connectivity index (χ4n) is 3.96. The van der Waals surface area contributed by atoms with Crippen molar-refractivity contribution in [3.63, 3.8) is 0 Å². The van der Waals surface area contributed by atoms with Crippen LogP contribution in [0.25, 0.3) is 5.57 Å². The second-order valence-corrected chi connectivity index (χ2v) is 7.13. The maximum atomic E-state index is 12.5. The summed E-state index contributed by atoms with van der Waals surface area (Å²) in [7, 11) is 2.17. The lowest BCUT2D eigenvalue weighted by atomic mass is 9.86. The van der Waals surface area contributed by atoms with Crippen molar-refractivity contribution in [1.29, 1.82) is 0 Å². The molecule has 2 aliphatic heterocycles. The van der Waals surface area contributed by atoms with E-state index >= 15 is 0 Å². The van der Waals surface area contributed by atoms with Gasteiger partial charge in [-0.3, -0.25) is 0 Å². The molecule has 0 spiro atoms. The van der Waals surface area contributed by atoms with Gasteiger partial charge in [-0.1, -0.05) is 42.0 Å². The van der Waals surface area contributed by atoms with E-state index in [9.17, 15) is 4.79 Å². The van der Waals surface area contributed by atoms with E-state index in [1.165, 1.54) is 16.7 Å². The number of nitrogens with zero attached hydrogens (tertiary/aromatic N) is 1. The minimum atomic E-state index is -0.326. The van der Waals surface area contributed by atoms with Gasteiger partial charge in [0.05, 0.1) is 6.61 Å². The van der Waals surface area contributed by atoms with Crippen LogP contribution in [-0.2, 0) is 11.3 Å². The Kier molecular flexibility index (Phi) is 4.99. The molecule has 0 amide bonds. The molecule has 1 saturated heterocycles. The monoisotopic (exact) mass is 363 g/mol. The fourth-order valence-corrected chi connectivity index (χ4v) is 3.96. The lowest BCUT2D eigenvalue weighted by molar-refractivity contribution is 0.0521. The van der Waals surface area contributed by atoms with Gasteiger partial charge in [-0.2, -0.15) is 0 Å². The number of esters is 1. The predicted octanol–water partition coefficient (Wildman–Crippen LogP) is 4.28. The molecule has 4 nitrogen and oxygen atoms in total. The molecule has 2 aromatic carbocycles. The molecule has 0 unspecified atom stereocenters. The van der Waals surface area contributed by atoms with E-state index in [0.717, 1.165) is 37.1 Å². The van der Waals surface area contributed by atoms with Crippen molar-refractivity contribution in [3.8, 4) is 5.75 Å². The zero-order chi connectivity index (χ0) is 18.8. The molecule has 4 rings (SSSR count). The van der Waals surface area contributed by atoms with Crippen molar-refractivity contribution < 1.29 is 14.3 Å². The van der Waals surface area contributed by atoms with Crippen LogP contribution in [0.2, 0.25) is 0 Å². The Balaban J connectivity index is 1.92. The molecular formula is C23H25NO3. The van der Waals surface area contributed by atoms with E-state index in [1.54, 1.807) is 6.07 Å². The van der Waals surface area contributed by atoms with Crippen molar-refractivity contribution in [3.05, 3.63) is 70.3 Å². The van der Waals surface area contributed by atoms with Crippen LogP contribution in [0, 0.1) is 0 Å². The first-order valence-corrected chi connectivity index (χ1v) is 9.61. The van der Waals surface area contributed by atoms with Gasteiger partial charge in [-0.25, -0.2) is 4.79 Å². The van der Waals surface area contributed by atoms with Crippen LogP contribution in [0.5, 0.6) is 5.75 Å². The molecular weight excluding hydrogens is 338 g/mol. The maximum Gasteiger partial charge on any atom is 0.341 e. The minimum Gasteiger partial charge on any atom is -0.487 e. The molecule has 0 atom stereocenters. The Bertz CT molecular complexity index is 890. The summed E-state index contributed by atoms with van der Waals surface area (Å²) >= 11 is 0. The summed E-state index contributed by atoms with van der Waals surface area (Å²) < 4.78 is 11.4. The summed E-state index contributed by atoms with van der Waals surface area (Å²) in [5, 5.41) is 0. The van der Waals surface area contributed by atoms with E-state index in [1.807, 2.05) is 19.1 Å². The maximum absolute atomic E-state index is 12.5. The van der Waals surface area contributed by atoms with E-state index in [4.69, 9.17) is 9.47 Å². The number of likely N-dealkylation sites (tertiary alicyclic amines) is 1. The number of benzene rings is 2. The highest BCUT2D eigenvalue weighted by atomic mass is 16.5. The topological polar surface area (TPSA) is 38.8 Å². The number of carbonyl (C=O) groups excluding carboxylic acids is 1. The average molecular weight is 363 g/mol. The van der Waals surface area contributed by atoms with E-state index in [-0.39, 0.29) is 5.97 Å². The van der Waals surface area contributed by atoms with Gasteiger partial charge >= 0.3 is 5.97 Å². The Labute approximate surface area is 160 Å². The average Bonchev–Trinajstić information content (AvgIpc) is 2.86. The Hall–Kier alpha value is -2.59. The number of para-hydroxylation sites is 1. The van der Waals surface area contributed by atoms with Crippen molar-refractivity contribution in [1.82, 2.24) is 4.90 Å². The minimum absolute atomic E-state index is 0.326. The summed E-state index contributed by atoms with van der Waals surface area (Å²) in [6.45, 7) is 4.73. The highest BCUT2D eigenvalue weighted by Crippen LogP contribution is 2.42. The van der Waals surface area contributed by atoms with Gasteiger partial charge in [0.25, 0.3) is 0 Å². The third-order valence-corrected chi connectivity index (χ3v) is 5.38. The largest absolute Gasteiger partial charge is 0.487 e. The van der Waals surface area contributed by atoms with Crippen molar-refractivity contribution in [2.45, 2.75) is 26.4 Å². The highest BCUT2D eigenvalue weighted by Gasteiger charge is 2.27. The van der Waals surface area contributed by atoms with Gasteiger partial charge in [0, 0.05) is 18.7 Å². The zero-order valence-corrected chi connectivity index (χ0v) is 16.0. The molecule has 4 heteroatoms. The van der Waals surface area contributed by atoms with Gasteiger partial charge in [0.1, 0.15) is 17.9 Å². The summed E-state index contributed by atoms with van der Waals surface area (Å²) in [6.07, 6.45) is 2.06. The second-order valence-electron chi connectivity index (χ2n) is 7.13. The second kappa shape index (κ2) is 7.57. The van der Waals surface area contributed by atoms with Gasteiger partial charge in [-0.05, 0) is 49.6 Å². The Morgan fingerprint density at radius 2 is 1.81 bits per heavy atom. The SMILES string of the molecule is CCOC(=O)c1cccc2c1OCc1ccccc1C2=C1CCN(C)CC1. The first-order valence-electron chi connectivity index (χ1n) is 9.61. The van der Waals surface area contributed by atoms with Crippen LogP contribution < -0.4 is 4.74 Å². The quantitative estimate of drug-likeness (QED) is 0.747. The summed E-state index contributed by atoms with van der Waals surface area (Å²) in [6, 6.07) is 14.2. The van der Waals surface area contributed by atoms with E-state index in [2.05, 4.69) is 36.2 Å². The lowest BCUT2D eigenvalue weighted by Crippen LogP contribution is -2.27. The van der Waals surface area contributed by atoms with Gasteiger partial charge in [-0.15, -0.1) is 0 Å². The summed E-state index contributed by atoms with van der Waals surface area (Å²) in [5.41, 5.74) is 6.56. The number of fused-ring (bicyclic) bond motifs is 2. The molecule has 2 aliphatic rings. The number of hydrogen-bond acceptors (Lipinski definition) is 4. The standard InChI is InChI=1S/C23H25NO3/c1-3-26-23(25)20-10-6-9-19-21(16-11-13-24(2)14-12-16)18-8-5-4-7-17(18)15-27-22(19)20/h4-10H,3,11-15H2,1-2H3. The zero-order valence-electron chi connectivity index (χ0n) is 16.0. The Morgan fingerprint density at radius 1 is 1.07 bits per heavy atom. The summed E-state index contributed by atoms with van der Waals surface area (Å²) in [5.74, 6) is 0.321. The van der Waals surface area contributed by atoms with Crippen LogP contribution in [0.15, 0.2) is 48.0 Å². The lowest BCUT2D eigenvalue weighted by Gasteiger charge is -2.27. The molecule has 1 fully saturated rings. The number of rotatable bonds is 2. The molecule has 0 aliphatic carbocycles. The smallest absolute Gasteiger partial charge is 0.341 e. The Morgan fingerprint density at radius 3 is 2.59 bits per heavy atom. The number of carbonyl (C=O) groups is 1. The first kappa shape index (κ1) is 17.8. The molecule has 0 N–H and O–H groups in total. The molecule has 0 radical (unpaired) electrons. The fraction of sp³-hybridized carbons (Fsp3) is 0.348. The van der Waals surface area contributed by atoms with Crippen molar-refractivity contribution in [2.75, 3.05) is 26.7 Å². The first-order chi connectivity index (χ1) is 13.2. The van der Waals surface area contributed by atoms with Gasteiger partial charge in [0.15, 0.2) is 0 Å². The molecule has 0 aromatic heterocycles. The molecule has 0 saturated carbocycles. The van der Waals surface area contributed by atoms with Crippen LogP contribution in [0.1, 0.15) is 46.8 Å². The van der Waals surface area contributed by atoms with E-state index < -0.39 is 0 Å². The van der Waals surface area contributed by atoms with E-state index in [0.29, 0.717) is 24.5 Å². The summed E-state index contributed by atoms with van der Waals surface area (Å²) in [4.78, 5) is 14.9. The highest BCUT2D eigenvalue weighted by molar-refractivity contribution is 5.97. The van der Waals surface area contributed by atoms with Crippen LogP contribution >= 0.6 is 0 Å². The number of ether oxygens (including phenoxy) is 2. The normalized spacial score (nSPS) is 16.8. The third-order valence-electron chi connectivity index (χ3n) is 5.38. The van der Waals surface area contributed by atoms with Crippen LogP contribution in [0.4, 0.5) is 0 Å². The molecule has 140 valence electrons. The predicted molar refractivity (Wildman–Crippen MR) is 106 cm³/mol. The van der Waals surface area contributed by atoms with Crippen LogP contribution in [0.3, 0.4) is 0 Å². The number of hydrogen-bond donors (Lipinski definition) is 0. The third kappa shape index (κ3) is 3.37. The van der Waals surface area contributed by atoms with Crippen LogP contribution in [-0.4, -0.2) is 37.6 Å². The van der Waals surface area contributed by atoms with Gasteiger partial charge in [0.2, 0.25) is 0 Å². The van der Waals surface area contributed by atoms with Crippen molar-refractivity contribution >= 4 is 11.5 Å². The molecule has 2 heterocycles. The molecule has 0 bridgehead atoms. The molecule has 2 aromatic rings. The molecule has 27 heavy (non-hydrogen) atoms. The number of piperidine rings is 1.